The van der Waals surface area contributed by atoms with Gasteiger partial charge in [-0.15, -0.1) is 0 Å². The molecule has 0 aliphatic heterocycles. The summed E-state index contributed by atoms with van der Waals surface area (Å²) in [7, 11) is 0. The summed E-state index contributed by atoms with van der Waals surface area (Å²) in [6, 6.07) is 16.0. The number of nitrogens with zero attached hydrogens (tertiary/aromatic N) is 3. The van der Waals surface area contributed by atoms with E-state index in [4.69, 9.17) is 0 Å². The Morgan fingerprint density at radius 2 is 1.31 bits per heavy atom. The van der Waals surface area contributed by atoms with Crippen LogP contribution in [0.15, 0.2) is 48.5 Å². The van der Waals surface area contributed by atoms with E-state index >= 15 is 0 Å². The van der Waals surface area contributed by atoms with Gasteiger partial charge in [0.15, 0.2) is 0 Å². The SMILES string of the molecule is OCCN(Cc1nc2ccccc2[nH]1)Cc1nc2ccccc2[nH]1.[Cu+][Br]. The molecule has 26 heavy (non-hydrogen) atoms. The summed E-state index contributed by atoms with van der Waals surface area (Å²) in [6.45, 7) is 1.92. The third-order valence-electron chi connectivity index (χ3n) is 4.04. The number of imidazole rings is 2. The summed E-state index contributed by atoms with van der Waals surface area (Å²) in [5, 5.41) is 9.37. The Morgan fingerprint density at radius 3 is 1.73 bits per heavy atom. The van der Waals surface area contributed by atoms with Crippen LogP contribution in [0, 0.1) is 0 Å². The van der Waals surface area contributed by atoms with Gasteiger partial charge in [-0.1, -0.05) is 24.3 Å². The van der Waals surface area contributed by atoms with Gasteiger partial charge in [-0.3, -0.25) is 4.90 Å². The second-order valence-electron chi connectivity index (χ2n) is 5.84. The number of aromatic nitrogens is 4. The first kappa shape index (κ1) is 19.1. The molecule has 2 heterocycles. The van der Waals surface area contributed by atoms with Crippen molar-refractivity contribution in [2.45, 2.75) is 13.1 Å². The van der Waals surface area contributed by atoms with Crippen LogP contribution >= 0.6 is 14.1 Å². The third kappa shape index (κ3) is 4.52. The molecule has 0 amide bonds. The number of aliphatic hydroxyl groups excluding tert-OH is 1. The average molecular weight is 465 g/mol. The maximum atomic E-state index is 9.37. The van der Waals surface area contributed by atoms with Gasteiger partial charge in [0.25, 0.3) is 0 Å². The van der Waals surface area contributed by atoms with Gasteiger partial charge in [-0.2, -0.15) is 0 Å². The summed E-state index contributed by atoms with van der Waals surface area (Å²) in [4.78, 5) is 18.0. The van der Waals surface area contributed by atoms with Gasteiger partial charge in [-0.05, 0) is 24.3 Å². The van der Waals surface area contributed by atoms with E-state index in [2.05, 4.69) is 53.2 Å². The molecule has 8 heteroatoms. The standard InChI is InChI=1S/C18H19N5O.BrH.Cu/c24-10-9-23(11-17-19-13-5-1-2-6-14(13)20-17)12-18-21-15-7-3-4-8-16(15)22-18;;/h1-8,24H,9-12H2,(H,19,20)(H,21,22);1H;/q;;+2/p-1. The number of fused-ring (bicyclic) bond motifs is 2. The topological polar surface area (TPSA) is 80.8 Å². The average Bonchev–Trinajstić information content (AvgIpc) is 3.26. The number of rotatable bonds is 6. The Morgan fingerprint density at radius 1 is 0.846 bits per heavy atom. The quantitative estimate of drug-likeness (QED) is 0.383. The van der Waals surface area contributed by atoms with E-state index in [0.29, 0.717) is 19.6 Å². The van der Waals surface area contributed by atoms with Crippen LogP contribution < -0.4 is 0 Å². The molecule has 0 fully saturated rings. The molecular weight excluding hydrogens is 446 g/mol. The second-order valence-corrected chi connectivity index (χ2v) is 5.84. The Kier molecular flexibility index (Phi) is 6.82. The van der Waals surface area contributed by atoms with E-state index in [-0.39, 0.29) is 6.61 Å². The van der Waals surface area contributed by atoms with Crippen molar-refractivity contribution in [2.75, 3.05) is 13.2 Å². The second kappa shape index (κ2) is 9.30. The molecule has 0 spiro atoms. The number of nitrogens with one attached hydrogen (secondary N) is 2. The molecule has 0 aliphatic rings. The van der Waals surface area contributed by atoms with Crippen LogP contribution in [0.25, 0.3) is 22.1 Å². The molecule has 0 saturated carbocycles. The van der Waals surface area contributed by atoms with Gasteiger partial charge >= 0.3 is 28.3 Å². The van der Waals surface area contributed by atoms with Crippen molar-refractivity contribution in [1.82, 2.24) is 24.8 Å². The normalized spacial score (nSPS) is 11.1. The summed E-state index contributed by atoms with van der Waals surface area (Å²) < 4.78 is 0. The van der Waals surface area contributed by atoms with Crippen LogP contribution in [-0.2, 0) is 27.3 Å². The first-order chi connectivity index (χ1) is 12.8. The fourth-order valence-corrected chi connectivity index (χ4v) is 2.94. The van der Waals surface area contributed by atoms with Gasteiger partial charge < -0.3 is 15.1 Å². The fraction of sp³-hybridized carbons (Fsp3) is 0.222. The van der Waals surface area contributed by atoms with Crippen molar-refractivity contribution < 1.29 is 19.3 Å². The van der Waals surface area contributed by atoms with Gasteiger partial charge in [0.05, 0.1) is 41.8 Å². The van der Waals surface area contributed by atoms with Crippen LogP contribution in [0.1, 0.15) is 11.6 Å². The number of H-pyrrole nitrogens is 2. The Balaban J connectivity index is 0.000000948. The number of benzene rings is 2. The molecular formula is C18H19BrCuN5O+. The minimum absolute atomic E-state index is 0.0977. The van der Waals surface area contributed by atoms with Crippen LogP contribution in [-0.4, -0.2) is 43.1 Å². The summed E-state index contributed by atoms with van der Waals surface area (Å²) in [5.74, 6) is 1.78. The molecule has 4 aromatic rings. The number of hydrogen-bond acceptors (Lipinski definition) is 4. The molecule has 0 aliphatic carbocycles. The van der Waals surface area contributed by atoms with Crippen LogP contribution in [0.2, 0.25) is 0 Å². The maximum absolute atomic E-state index is 9.37. The van der Waals surface area contributed by atoms with Crippen molar-refractivity contribution >= 4 is 36.2 Å². The number of hydrogen-bond donors (Lipinski definition) is 3. The van der Waals surface area contributed by atoms with Crippen molar-refractivity contribution in [3.05, 3.63) is 60.2 Å². The monoisotopic (exact) mass is 463 g/mol. The molecule has 0 atom stereocenters. The van der Waals surface area contributed by atoms with E-state index in [1.165, 1.54) is 0 Å². The zero-order chi connectivity index (χ0) is 18.4. The molecule has 2 aromatic carbocycles. The Labute approximate surface area is 166 Å². The molecule has 6 nitrogen and oxygen atoms in total. The molecule has 0 unspecified atom stereocenters. The first-order valence-electron chi connectivity index (χ1n) is 8.14. The molecule has 3 N–H and O–H groups in total. The predicted octanol–water partition coefficient (Wildman–Crippen LogP) is 3.28. The molecule has 139 valence electrons. The van der Waals surface area contributed by atoms with E-state index in [9.17, 15) is 5.11 Å². The predicted molar refractivity (Wildman–Crippen MR) is 102 cm³/mol. The number of halogens is 1. The molecule has 2 aromatic heterocycles. The van der Waals surface area contributed by atoms with E-state index in [1.807, 2.05) is 48.5 Å². The van der Waals surface area contributed by atoms with E-state index < -0.39 is 0 Å². The zero-order valence-corrected chi connectivity index (χ0v) is 16.4. The number of para-hydroxylation sites is 4. The van der Waals surface area contributed by atoms with Crippen LogP contribution in [0.4, 0.5) is 0 Å². The van der Waals surface area contributed by atoms with Gasteiger partial charge in [0.1, 0.15) is 11.6 Å². The van der Waals surface area contributed by atoms with Crippen molar-refractivity contribution in [2.24, 2.45) is 0 Å². The molecule has 0 radical (unpaired) electrons. The van der Waals surface area contributed by atoms with Gasteiger partial charge in [0, 0.05) is 6.54 Å². The Hall–Kier alpha value is -1.70. The summed E-state index contributed by atoms with van der Waals surface area (Å²) >= 11 is 6.50. The van der Waals surface area contributed by atoms with E-state index in [1.54, 1.807) is 0 Å². The third-order valence-corrected chi connectivity index (χ3v) is 4.04. The van der Waals surface area contributed by atoms with Crippen LogP contribution in [0.3, 0.4) is 0 Å². The molecule has 4 rings (SSSR count). The first-order valence-corrected chi connectivity index (χ1v) is 10.5. The zero-order valence-electron chi connectivity index (χ0n) is 13.9. The van der Waals surface area contributed by atoms with Gasteiger partial charge in [-0.25, -0.2) is 9.97 Å². The Bertz CT molecular complexity index is 828. The van der Waals surface area contributed by atoms with Crippen molar-refractivity contribution in [1.29, 1.82) is 0 Å². The minimum atomic E-state index is 0.0977. The summed E-state index contributed by atoms with van der Waals surface area (Å²) in [5.41, 5.74) is 3.97. The summed E-state index contributed by atoms with van der Waals surface area (Å²) in [6.07, 6.45) is 0. The molecule has 0 saturated heterocycles. The number of aliphatic hydroxyl groups is 1. The van der Waals surface area contributed by atoms with Gasteiger partial charge in [0.2, 0.25) is 0 Å². The van der Waals surface area contributed by atoms with Crippen molar-refractivity contribution in [3.63, 3.8) is 0 Å². The van der Waals surface area contributed by atoms with Crippen molar-refractivity contribution in [3.8, 4) is 0 Å². The molecule has 0 bridgehead atoms. The van der Waals surface area contributed by atoms with E-state index in [0.717, 1.165) is 33.7 Å². The number of aromatic amines is 2. The van der Waals surface area contributed by atoms with Crippen LogP contribution in [0.5, 0.6) is 0 Å². The fourth-order valence-electron chi connectivity index (χ4n) is 2.94.